The Hall–Kier alpha value is -1.61. The van der Waals surface area contributed by atoms with Gasteiger partial charge in [-0.15, -0.1) is 11.3 Å². The van der Waals surface area contributed by atoms with E-state index in [0.29, 0.717) is 12.2 Å². The molecule has 0 saturated carbocycles. The average Bonchev–Trinajstić information content (AvgIpc) is 2.74. The number of thiophene rings is 1. The first-order valence-electron chi connectivity index (χ1n) is 4.61. The third-order valence-electron chi connectivity index (χ3n) is 2.09. The molecule has 0 aliphatic rings. The van der Waals surface area contributed by atoms with E-state index >= 15 is 0 Å². The van der Waals surface area contributed by atoms with Crippen molar-refractivity contribution in [3.05, 3.63) is 52.2 Å². The first-order chi connectivity index (χ1) is 7.40. The Labute approximate surface area is 92.1 Å². The van der Waals surface area contributed by atoms with E-state index in [4.69, 9.17) is 4.74 Å². The van der Waals surface area contributed by atoms with Crippen LogP contribution in [0.25, 0.3) is 0 Å². The van der Waals surface area contributed by atoms with Crippen molar-refractivity contribution in [3.8, 4) is 5.75 Å². The highest BCUT2D eigenvalue weighted by atomic mass is 32.1. The topological polar surface area (TPSA) is 26.3 Å². The summed E-state index contributed by atoms with van der Waals surface area (Å²) < 4.78 is 4.91. The smallest absolute Gasteiger partial charge is 0.298 e. The highest BCUT2D eigenvalue weighted by Crippen LogP contribution is 2.22. The van der Waals surface area contributed by atoms with E-state index in [1.165, 1.54) is 4.88 Å². The summed E-state index contributed by atoms with van der Waals surface area (Å²) in [6.07, 6.45) is 0.807. The zero-order valence-electron chi connectivity index (χ0n) is 8.05. The predicted octanol–water partition coefficient (Wildman–Crippen LogP) is 2.87. The minimum absolute atomic E-state index is 0.466. The van der Waals surface area contributed by atoms with Gasteiger partial charge in [-0.3, -0.25) is 4.79 Å². The van der Waals surface area contributed by atoms with Crippen molar-refractivity contribution in [2.45, 2.75) is 6.42 Å². The van der Waals surface area contributed by atoms with E-state index in [-0.39, 0.29) is 0 Å². The zero-order valence-corrected chi connectivity index (χ0v) is 8.87. The van der Waals surface area contributed by atoms with Crippen molar-refractivity contribution < 1.29 is 9.53 Å². The van der Waals surface area contributed by atoms with E-state index in [2.05, 4.69) is 6.07 Å². The maximum Gasteiger partial charge on any atom is 0.298 e. The van der Waals surface area contributed by atoms with Crippen molar-refractivity contribution in [2.75, 3.05) is 0 Å². The molecule has 0 unspecified atom stereocenters. The van der Waals surface area contributed by atoms with Crippen LogP contribution in [0.15, 0.2) is 41.8 Å². The maximum absolute atomic E-state index is 10.3. The molecule has 0 amide bonds. The van der Waals surface area contributed by atoms with Gasteiger partial charge >= 0.3 is 0 Å². The fourth-order valence-electron chi connectivity index (χ4n) is 1.42. The van der Waals surface area contributed by atoms with Crippen LogP contribution in [0.1, 0.15) is 10.4 Å². The molecule has 0 spiro atoms. The highest BCUT2D eigenvalue weighted by Gasteiger charge is 2.04. The summed E-state index contributed by atoms with van der Waals surface area (Å²) in [4.78, 5) is 11.6. The van der Waals surface area contributed by atoms with Gasteiger partial charge in [0.25, 0.3) is 6.47 Å². The van der Waals surface area contributed by atoms with Crippen LogP contribution in [0.3, 0.4) is 0 Å². The van der Waals surface area contributed by atoms with E-state index in [1.54, 1.807) is 17.4 Å². The number of carbonyl (C=O) groups excluding carboxylic acids is 1. The molecule has 1 heterocycles. The van der Waals surface area contributed by atoms with Gasteiger partial charge in [-0.2, -0.15) is 0 Å². The molecule has 2 nitrogen and oxygen atoms in total. The lowest BCUT2D eigenvalue weighted by Crippen LogP contribution is -1.94. The lowest BCUT2D eigenvalue weighted by molar-refractivity contribution is -0.120. The number of carbonyl (C=O) groups is 1. The van der Waals surface area contributed by atoms with Gasteiger partial charge in [0.05, 0.1) is 0 Å². The van der Waals surface area contributed by atoms with Crippen LogP contribution < -0.4 is 4.74 Å². The molecule has 2 aromatic rings. The van der Waals surface area contributed by atoms with Crippen LogP contribution in [-0.2, 0) is 11.2 Å². The number of hydrogen-bond acceptors (Lipinski definition) is 3. The van der Waals surface area contributed by atoms with Gasteiger partial charge in [0.15, 0.2) is 0 Å². The molecular weight excluding hydrogens is 208 g/mol. The summed E-state index contributed by atoms with van der Waals surface area (Å²) in [7, 11) is 0. The molecular formula is C12H10O2S. The molecule has 76 valence electrons. The molecule has 1 aromatic heterocycles. The number of hydrogen-bond donors (Lipinski definition) is 0. The third-order valence-corrected chi connectivity index (χ3v) is 2.97. The summed E-state index contributed by atoms with van der Waals surface area (Å²) in [6.45, 7) is 0.466. The third kappa shape index (κ3) is 2.44. The van der Waals surface area contributed by atoms with Gasteiger partial charge in [-0.05, 0) is 17.5 Å². The van der Waals surface area contributed by atoms with Crippen molar-refractivity contribution in [3.63, 3.8) is 0 Å². The Bertz CT molecular complexity index is 435. The lowest BCUT2D eigenvalue weighted by atomic mass is 10.1. The minimum Gasteiger partial charge on any atom is -0.428 e. The second-order valence-electron chi connectivity index (χ2n) is 3.08. The van der Waals surface area contributed by atoms with E-state index in [1.807, 2.05) is 29.6 Å². The van der Waals surface area contributed by atoms with Crippen LogP contribution in [-0.4, -0.2) is 6.47 Å². The minimum atomic E-state index is 0.466. The molecule has 0 bridgehead atoms. The fraction of sp³-hybridized carbons (Fsp3) is 0.0833. The lowest BCUT2D eigenvalue weighted by Gasteiger charge is -2.05. The second kappa shape index (κ2) is 4.75. The largest absolute Gasteiger partial charge is 0.428 e. The Morgan fingerprint density at radius 2 is 2.07 bits per heavy atom. The van der Waals surface area contributed by atoms with E-state index < -0.39 is 0 Å². The normalized spacial score (nSPS) is 9.87. The average molecular weight is 218 g/mol. The van der Waals surface area contributed by atoms with Crippen molar-refractivity contribution >= 4 is 17.8 Å². The molecule has 0 fully saturated rings. The number of para-hydroxylation sites is 1. The maximum atomic E-state index is 10.3. The van der Waals surface area contributed by atoms with Gasteiger partial charge in [-0.25, -0.2) is 0 Å². The van der Waals surface area contributed by atoms with Gasteiger partial charge < -0.3 is 4.74 Å². The van der Waals surface area contributed by atoms with Crippen LogP contribution in [0.2, 0.25) is 0 Å². The summed E-state index contributed by atoms with van der Waals surface area (Å²) in [5, 5.41) is 2.04. The molecule has 0 saturated heterocycles. The van der Waals surface area contributed by atoms with E-state index in [0.717, 1.165) is 12.0 Å². The first-order valence-corrected chi connectivity index (χ1v) is 5.48. The van der Waals surface area contributed by atoms with Crippen molar-refractivity contribution in [2.24, 2.45) is 0 Å². The molecule has 0 aliphatic carbocycles. The SMILES string of the molecule is O=COc1ccccc1Cc1cccs1. The predicted molar refractivity (Wildman–Crippen MR) is 60.3 cm³/mol. The molecule has 3 heteroatoms. The van der Waals surface area contributed by atoms with Crippen LogP contribution >= 0.6 is 11.3 Å². The summed E-state index contributed by atoms with van der Waals surface area (Å²) >= 11 is 1.70. The van der Waals surface area contributed by atoms with Crippen molar-refractivity contribution in [1.82, 2.24) is 0 Å². The number of rotatable bonds is 4. The van der Waals surface area contributed by atoms with Crippen LogP contribution in [0.4, 0.5) is 0 Å². The Kier molecular flexibility index (Phi) is 3.15. The number of benzene rings is 1. The van der Waals surface area contributed by atoms with Gasteiger partial charge in [0.1, 0.15) is 5.75 Å². The molecule has 15 heavy (non-hydrogen) atoms. The molecule has 0 N–H and O–H groups in total. The number of ether oxygens (including phenoxy) is 1. The van der Waals surface area contributed by atoms with Gasteiger partial charge in [-0.1, -0.05) is 24.3 Å². The fourth-order valence-corrected chi connectivity index (χ4v) is 2.15. The first kappa shape index (κ1) is 9.93. The molecule has 1 aromatic carbocycles. The van der Waals surface area contributed by atoms with E-state index in [9.17, 15) is 4.79 Å². The monoisotopic (exact) mass is 218 g/mol. The Morgan fingerprint density at radius 3 is 2.80 bits per heavy atom. The molecule has 2 rings (SSSR count). The summed E-state index contributed by atoms with van der Waals surface area (Å²) in [5.41, 5.74) is 1.03. The molecule has 0 radical (unpaired) electrons. The van der Waals surface area contributed by atoms with Gasteiger partial charge in [0, 0.05) is 16.9 Å². The molecule has 0 aliphatic heterocycles. The summed E-state index contributed by atoms with van der Waals surface area (Å²) in [5.74, 6) is 0.640. The van der Waals surface area contributed by atoms with Gasteiger partial charge in [0.2, 0.25) is 0 Å². The Morgan fingerprint density at radius 1 is 1.20 bits per heavy atom. The molecule has 0 atom stereocenters. The Balaban J connectivity index is 2.23. The van der Waals surface area contributed by atoms with Crippen molar-refractivity contribution in [1.29, 1.82) is 0 Å². The zero-order chi connectivity index (χ0) is 10.5. The van der Waals surface area contributed by atoms with Crippen LogP contribution in [0.5, 0.6) is 5.75 Å². The quantitative estimate of drug-likeness (QED) is 0.737. The van der Waals surface area contributed by atoms with Crippen LogP contribution in [0, 0.1) is 0 Å². The highest BCUT2D eigenvalue weighted by molar-refractivity contribution is 7.09. The second-order valence-corrected chi connectivity index (χ2v) is 4.11. The standard InChI is InChI=1S/C12H10O2S/c13-9-14-12-6-2-1-4-10(12)8-11-5-3-7-15-11/h1-7,9H,8H2. The summed E-state index contributed by atoms with van der Waals surface area (Å²) in [6, 6.07) is 11.7.